The smallest absolute Gasteiger partial charge is 0.0702 e. The molecule has 3 heteroatoms. The van der Waals surface area contributed by atoms with Gasteiger partial charge in [0.15, 0.2) is 0 Å². The van der Waals surface area contributed by atoms with Crippen molar-refractivity contribution in [2.75, 3.05) is 24.3 Å². The van der Waals surface area contributed by atoms with Crippen LogP contribution in [0.1, 0.15) is 32.1 Å². The number of nitrogens with zero attached hydrogens (tertiary/aromatic N) is 1. The molecule has 0 radical (unpaired) electrons. The molecule has 1 spiro atoms. The number of benzene rings is 1. The highest BCUT2D eigenvalue weighted by molar-refractivity contribution is 5.56. The fourth-order valence-corrected chi connectivity index (χ4v) is 3.21. The quantitative estimate of drug-likeness (QED) is 0.815. The number of nitrogens with two attached hydrogens (primary N) is 1. The fraction of sp³-hybridized carbons (Fsp3) is 0.600. The van der Waals surface area contributed by atoms with Gasteiger partial charge in [0.1, 0.15) is 0 Å². The Balaban J connectivity index is 1.73. The van der Waals surface area contributed by atoms with E-state index in [1.165, 1.54) is 24.9 Å². The second kappa shape index (κ2) is 4.47. The van der Waals surface area contributed by atoms with Crippen molar-refractivity contribution >= 4 is 11.4 Å². The normalized spacial score (nSPS) is 25.7. The average Bonchev–Trinajstić information content (AvgIpc) is 2.36. The van der Waals surface area contributed by atoms with Gasteiger partial charge < -0.3 is 15.4 Å². The zero-order chi connectivity index (χ0) is 12.6. The summed E-state index contributed by atoms with van der Waals surface area (Å²) in [6.45, 7) is 0.900. The third kappa shape index (κ3) is 2.07. The van der Waals surface area contributed by atoms with Crippen LogP contribution in [-0.2, 0) is 4.74 Å². The molecule has 1 heterocycles. The Morgan fingerprint density at radius 2 is 2.22 bits per heavy atom. The molecule has 1 aromatic carbocycles. The molecule has 0 aromatic heterocycles. The number of nitrogen functional groups attached to an aromatic ring is 1. The van der Waals surface area contributed by atoms with Gasteiger partial charge in [-0.25, -0.2) is 0 Å². The summed E-state index contributed by atoms with van der Waals surface area (Å²) in [4.78, 5) is 2.37. The van der Waals surface area contributed by atoms with Crippen LogP contribution in [0.3, 0.4) is 0 Å². The van der Waals surface area contributed by atoms with Crippen LogP contribution in [0.25, 0.3) is 0 Å². The number of rotatable bonds is 2. The SMILES string of the molecule is CN(c1cccc(N)c1)C1CCOC2(CCC2)C1. The van der Waals surface area contributed by atoms with E-state index in [-0.39, 0.29) is 5.60 Å². The lowest BCUT2D eigenvalue weighted by Crippen LogP contribution is -2.51. The Kier molecular flexibility index (Phi) is 2.94. The van der Waals surface area contributed by atoms with Crippen LogP contribution in [0, 0.1) is 0 Å². The molecule has 2 N–H and O–H groups in total. The van der Waals surface area contributed by atoms with Gasteiger partial charge in [0.05, 0.1) is 5.60 Å². The minimum Gasteiger partial charge on any atom is -0.399 e. The predicted octanol–water partition coefficient (Wildman–Crippen LogP) is 2.81. The first kappa shape index (κ1) is 11.8. The number of ether oxygens (including phenoxy) is 1. The molecule has 1 aromatic rings. The molecule has 3 nitrogen and oxygen atoms in total. The summed E-state index contributed by atoms with van der Waals surface area (Å²) in [6, 6.07) is 8.75. The van der Waals surface area contributed by atoms with E-state index < -0.39 is 0 Å². The lowest BCUT2D eigenvalue weighted by Gasteiger charge is -2.49. The van der Waals surface area contributed by atoms with Crippen molar-refractivity contribution in [1.82, 2.24) is 0 Å². The summed E-state index contributed by atoms with van der Waals surface area (Å²) in [5.41, 5.74) is 8.13. The summed E-state index contributed by atoms with van der Waals surface area (Å²) in [7, 11) is 2.18. The Bertz CT molecular complexity index is 428. The maximum Gasteiger partial charge on any atom is 0.0702 e. The van der Waals surface area contributed by atoms with Crippen LogP contribution in [0.15, 0.2) is 24.3 Å². The van der Waals surface area contributed by atoms with Crippen molar-refractivity contribution in [3.63, 3.8) is 0 Å². The molecular weight excluding hydrogens is 224 g/mol. The molecule has 1 saturated heterocycles. The Hall–Kier alpha value is -1.22. The van der Waals surface area contributed by atoms with Crippen LogP contribution >= 0.6 is 0 Å². The number of hydrogen-bond donors (Lipinski definition) is 1. The van der Waals surface area contributed by atoms with Crippen molar-refractivity contribution in [1.29, 1.82) is 0 Å². The fourth-order valence-electron chi connectivity index (χ4n) is 3.21. The minimum absolute atomic E-state index is 0.206. The Morgan fingerprint density at radius 1 is 1.39 bits per heavy atom. The second-order valence-electron chi connectivity index (χ2n) is 5.74. The maximum atomic E-state index is 5.99. The van der Waals surface area contributed by atoms with Crippen molar-refractivity contribution in [3.8, 4) is 0 Å². The third-order valence-electron chi connectivity index (χ3n) is 4.56. The highest BCUT2D eigenvalue weighted by Crippen LogP contribution is 2.43. The lowest BCUT2D eigenvalue weighted by atomic mass is 9.73. The highest BCUT2D eigenvalue weighted by atomic mass is 16.5. The van der Waals surface area contributed by atoms with Gasteiger partial charge in [-0.3, -0.25) is 0 Å². The van der Waals surface area contributed by atoms with Crippen molar-refractivity contribution in [2.24, 2.45) is 0 Å². The molecule has 1 unspecified atom stereocenters. The van der Waals surface area contributed by atoms with E-state index in [2.05, 4.69) is 24.1 Å². The first-order chi connectivity index (χ1) is 8.69. The molecule has 1 atom stereocenters. The molecule has 0 bridgehead atoms. The maximum absolute atomic E-state index is 5.99. The van der Waals surface area contributed by atoms with Gasteiger partial charge in [0.25, 0.3) is 0 Å². The number of hydrogen-bond acceptors (Lipinski definition) is 3. The molecule has 18 heavy (non-hydrogen) atoms. The lowest BCUT2D eigenvalue weighted by molar-refractivity contribution is -0.132. The van der Waals surface area contributed by atoms with Gasteiger partial charge in [0, 0.05) is 31.1 Å². The first-order valence-electron chi connectivity index (χ1n) is 6.91. The third-order valence-corrected chi connectivity index (χ3v) is 4.56. The molecular formula is C15H22N2O. The van der Waals surface area contributed by atoms with Crippen LogP contribution < -0.4 is 10.6 Å². The van der Waals surface area contributed by atoms with E-state index in [1.807, 2.05) is 12.1 Å². The summed E-state index contributed by atoms with van der Waals surface area (Å²) in [5.74, 6) is 0. The van der Waals surface area contributed by atoms with Gasteiger partial charge in [0.2, 0.25) is 0 Å². The van der Waals surface area contributed by atoms with E-state index in [1.54, 1.807) is 0 Å². The molecule has 2 aliphatic rings. The first-order valence-corrected chi connectivity index (χ1v) is 6.91. The van der Waals surface area contributed by atoms with Gasteiger partial charge >= 0.3 is 0 Å². The summed E-state index contributed by atoms with van der Waals surface area (Å²) < 4.78 is 5.99. The molecule has 3 rings (SSSR count). The average molecular weight is 246 g/mol. The molecule has 2 fully saturated rings. The van der Waals surface area contributed by atoms with Crippen molar-refractivity contribution in [3.05, 3.63) is 24.3 Å². The second-order valence-corrected chi connectivity index (χ2v) is 5.74. The van der Waals surface area contributed by atoms with E-state index in [0.29, 0.717) is 6.04 Å². The summed E-state index contributed by atoms with van der Waals surface area (Å²) in [6.07, 6.45) is 6.10. The molecule has 0 amide bonds. The minimum atomic E-state index is 0.206. The zero-order valence-electron chi connectivity index (χ0n) is 11.1. The van der Waals surface area contributed by atoms with E-state index in [0.717, 1.165) is 25.1 Å². The van der Waals surface area contributed by atoms with Crippen LogP contribution in [-0.4, -0.2) is 25.3 Å². The van der Waals surface area contributed by atoms with E-state index in [4.69, 9.17) is 10.5 Å². The van der Waals surface area contributed by atoms with Crippen molar-refractivity contribution < 1.29 is 4.74 Å². The Labute approximate surface area is 109 Å². The van der Waals surface area contributed by atoms with Crippen LogP contribution in [0.2, 0.25) is 0 Å². The van der Waals surface area contributed by atoms with Gasteiger partial charge in [-0.15, -0.1) is 0 Å². The molecule has 1 saturated carbocycles. The topological polar surface area (TPSA) is 38.5 Å². The van der Waals surface area contributed by atoms with E-state index in [9.17, 15) is 0 Å². The molecule has 98 valence electrons. The van der Waals surface area contributed by atoms with Crippen LogP contribution in [0.4, 0.5) is 11.4 Å². The zero-order valence-corrected chi connectivity index (χ0v) is 11.1. The monoisotopic (exact) mass is 246 g/mol. The van der Waals surface area contributed by atoms with Crippen molar-refractivity contribution in [2.45, 2.75) is 43.7 Å². The predicted molar refractivity (Wildman–Crippen MR) is 74.8 cm³/mol. The molecule has 1 aliphatic carbocycles. The summed E-state index contributed by atoms with van der Waals surface area (Å²) >= 11 is 0. The van der Waals surface area contributed by atoms with E-state index >= 15 is 0 Å². The largest absolute Gasteiger partial charge is 0.399 e. The standard InChI is InChI=1S/C15H22N2O/c1-17(13-5-2-4-12(16)10-13)14-6-9-18-15(11-14)7-3-8-15/h2,4-5,10,14H,3,6-9,11,16H2,1H3. The van der Waals surface area contributed by atoms with Gasteiger partial charge in [-0.2, -0.15) is 0 Å². The highest BCUT2D eigenvalue weighted by Gasteiger charge is 2.43. The van der Waals surface area contributed by atoms with Crippen LogP contribution in [0.5, 0.6) is 0 Å². The molecule has 1 aliphatic heterocycles. The number of anilines is 2. The Morgan fingerprint density at radius 3 is 2.89 bits per heavy atom. The van der Waals surface area contributed by atoms with Gasteiger partial charge in [-0.05, 0) is 50.3 Å². The van der Waals surface area contributed by atoms with Gasteiger partial charge in [-0.1, -0.05) is 6.07 Å². The summed E-state index contributed by atoms with van der Waals surface area (Å²) in [5, 5.41) is 0.